The van der Waals surface area contributed by atoms with Gasteiger partial charge in [-0.3, -0.25) is 0 Å². The van der Waals surface area contributed by atoms with Gasteiger partial charge in [-0.2, -0.15) is 0 Å². The number of hydrogen-bond donors (Lipinski definition) is 0. The van der Waals surface area contributed by atoms with Gasteiger partial charge in [0.2, 0.25) is 0 Å². The van der Waals surface area contributed by atoms with E-state index >= 15 is 0 Å². The van der Waals surface area contributed by atoms with Gasteiger partial charge in [0.25, 0.3) is 0 Å². The molecule has 0 radical (unpaired) electrons. The third-order valence-corrected chi connectivity index (χ3v) is 4.00. The monoisotopic (exact) mass is 265 g/mol. The van der Waals surface area contributed by atoms with Crippen molar-refractivity contribution in [3.63, 3.8) is 0 Å². The first kappa shape index (κ1) is 14.3. The van der Waals surface area contributed by atoms with Gasteiger partial charge < -0.3 is 14.2 Å². The summed E-state index contributed by atoms with van der Waals surface area (Å²) in [7, 11) is 3.08. The minimum atomic E-state index is -0.677. The molecular weight excluding hydrogens is 244 g/mol. The molecule has 0 atom stereocenters. The molecule has 3 nitrogen and oxygen atoms in total. The Morgan fingerprint density at radius 2 is 1.58 bits per heavy atom. The van der Waals surface area contributed by atoms with Crippen molar-refractivity contribution in [3.05, 3.63) is 24.0 Å². The van der Waals surface area contributed by atoms with Gasteiger partial charge in [0.1, 0.15) is 5.82 Å². The van der Waals surface area contributed by atoms with Crippen LogP contribution in [-0.2, 0) is 9.31 Å². The Morgan fingerprint density at radius 1 is 1.05 bits per heavy atom. The summed E-state index contributed by atoms with van der Waals surface area (Å²) in [6.45, 7) is 7.85. The molecule has 1 aliphatic heterocycles. The predicted octanol–water partition coefficient (Wildman–Crippen LogP) is 2.19. The molecule has 104 valence electrons. The number of anilines is 1. The molecular formula is C14H21BFNO2. The molecule has 0 saturated carbocycles. The summed E-state index contributed by atoms with van der Waals surface area (Å²) in [6, 6.07) is 5.00. The highest BCUT2D eigenvalue weighted by molar-refractivity contribution is 6.64. The van der Waals surface area contributed by atoms with Crippen molar-refractivity contribution in [2.75, 3.05) is 19.0 Å². The highest BCUT2D eigenvalue weighted by Gasteiger charge is 2.53. The summed E-state index contributed by atoms with van der Waals surface area (Å²) in [5.41, 5.74) is 0.303. The maximum absolute atomic E-state index is 14.2. The van der Waals surface area contributed by atoms with E-state index in [0.717, 1.165) is 5.69 Å². The Hall–Kier alpha value is -1.07. The van der Waals surface area contributed by atoms with Crippen LogP contribution in [0.15, 0.2) is 18.2 Å². The zero-order valence-corrected chi connectivity index (χ0v) is 12.5. The highest BCUT2D eigenvalue weighted by Crippen LogP contribution is 2.37. The van der Waals surface area contributed by atoms with Crippen LogP contribution in [0.3, 0.4) is 0 Å². The van der Waals surface area contributed by atoms with Gasteiger partial charge >= 0.3 is 7.12 Å². The molecule has 0 amide bonds. The van der Waals surface area contributed by atoms with E-state index in [2.05, 4.69) is 0 Å². The smallest absolute Gasteiger partial charge is 0.399 e. The lowest BCUT2D eigenvalue weighted by Crippen LogP contribution is -2.41. The molecule has 2 rings (SSSR count). The van der Waals surface area contributed by atoms with Gasteiger partial charge in [-0.05, 0) is 39.8 Å². The Morgan fingerprint density at radius 3 is 2.05 bits per heavy atom. The quantitative estimate of drug-likeness (QED) is 0.765. The van der Waals surface area contributed by atoms with Crippen molar-refractivity contribution in [1.29, 1.82) is 0 Å². The van der Waals surface area contributed by atoms with Crippen LogP contribution < -0.4 is 10.4 Å². The topological polar surface area (TPSA) is 21.7 Å². The van der Waals surface area contributed by atoms with E-state index in [1.165, 1.54) is 6.07 Å². The van der Waals surface area contributed by atoms with Crippen LogP contribution in [0, 0.1) is 5.82 Å². The minimum Gasteiger partial charge on any atom is -0.399 e. The van der Waals surface area contributed by atoms with Crippen molar-refractivity contribution in [2.45, 2.75) is 38.9 Å². The maximum atomic E-state index is 14.2. The van der Waals surface area contributed by atoms with Gasteiger partial charge in [0, 0.05) is 25.2 Å². The predicted molar refractivity (Wildman–Crippen MR) is 76.4 cm³/mol. The zero-order valence-electron chi connectivity index (χ0n) is 12.5. The largest absolute Gasteiger partial charge is 0.500 e. The van der Waals surface area contributed by atoms with Gasteiger partial charge in [-0.1, -0.05) is 6.07 Å². The van der Waals surface area contributed by atoms with E-state index in [0.29, 0.717) is 5.46 Å². The lowest BCUT2D eigenvalue weighted by Gasteiger charge is -2.32. The van der Waals surface area contributed by atoms with E-state index in [-0.39, 0.29) is 5.82 Å². The Bertz CT molecular complexity index is 472. The average Bonchev–Trinajstić information content (AvgIpc) is 2.47. The Labute approximate surface area is 114 Å². The fourth-order valence-corrected chi connectivity index (χ4v) is 2.11. The second-order valence-electron chi connectivity index (χ2n) is 6.16. The first-order chi connectivity index (χ1) is 8.66. The molecule has 1 aromatic rings. The number of benzene rings is 1. The lowest BCUT2D eigenvalue weighted by molar-refractivity contribution is 0.00578. The third-order valence-electron chi connectivity index (χ3n) is 4.00. The van der Waals surface area contributed by atoms with Crippen molar-refractivity contribution in [3.8, 4) is 0 Å². The molecule has 0 spiro atoms. The minimum absolute atomic E-state index is 0.301. The summed E-state index contributed by atoms with van der Waals surface area (Å²) in [6.07, 6.45) is 0. The lowest BCUT2D eigenvalue weighted by atomic mass is 9.77. The molecule has 1 fully saturated rings. The standard InChI is InChI=1S/C14H21BFNO2/c1-13(2)14(3,4)19-15(18-13)12-10(16)8-7-9-11(12)17(5)6/h7-9H,1-6H3. The first-order valence-corrected chi connectivity index (χ1v) is 6.47. The van der Waals surface area contributed by atoms with E-state index < -0.39 is 18.3 Å². The van der Waals surface area contributed by atoms with Crippen LogP contribution in [0.25, 0.3) is 0 Å². The van der Waals surface area contributed by atoms with E-state index in [1.54, 1.807) is 6.07 Å². The molecule has 5 heteroatoms. The van der Waals surface area contributed by atoms with E-state index in [4.69, 9.17) is 9.31 Å². The molecule has 0 bridgehead atoms. The number of halogens is 1. The summed E-state index contributed by atoms with van der Waals surface area (Å²) in [5, 5.41) is 0. The van der Waals surface area contributed by atoms with Crippen molar-refractivity contribution in [1.82, 2.24) is 0 Å². The number of hydrogen-bond acceptors (Lipinski definition) is 3. The zero-order chi connectivity index (χ0) is 14.4. The van der Waals surface area contributed by atoms with Crippen LogP contribution in [-0.4, -0.2) is 32.4 Å². The van der Waals surface area contributed by atoms with Crippen LogP contribution in [0.4, 0.5) is 10.1 Å². The molecule has 0 aliphatic carbocycles. The Kier molecular flexibility index (Phi) is 3.39. The first-order valence-electron chi connectivity index (χ1n) is 6.47. The summed E-state index contributed by atoms with van der Waals surface area (Å²) >= 11 is 0. The average molecular weight is 265 g/mol. The van der Waals surface area contributed by atoms with Gasteiger partial charge in [-0.15, -0.1) is 0 Å². The van der Waals surface area contributed by atoms with Crippen LogP contribution in [0.2, 0.25) is 0 Å². The molecule has 1 aromatic carbocycles. The second-order valence-corrected chi connectivity index (χ2v) is 6.16. The van der Waals surface area contributed by atoms with Crippen molar-refractivity contribution in [2.24, 2.45) is 0 Å². The Balaban J connectivity index is 2.45. The maximum Gasteiger partial charge on any atom is 0.500 e. The SMILES string of the molecule is CN(C)c1cccc(F)c1B1OC(C)(C)C(C)(C)O1. The summed E-state index contributed by atoms with van der Waals surface area (Å²) in [5.74, 6) is -0.301. The highest BCUT2D eigenvalue weighted by atomic mass is 19.1. The molecule has 1 aliphatic rings. The van der Waals surface area contributed by atoms with Gasteiger partial charge in [0.15, 0.2) is 0 Å². The molecule has 0 aromatic heterocycles. The molecule has 19 heavy (non-hydrogen) atoms. The molecule has 1 heterocycles. The van der Waals surface area contributed by atoms with E-state index in [9.17, 15) is 4.39 Å². The van der Waals surface area contributed by atoms with Crippen molar-refractivity contribution < 1.29 is 13.7 Å². The number of nitrogens with zero attached hydrogens (tertiary/aromatic N) is 1. The summed E-state index contributed by atoms with van der Waals surface area (Å²) in [4.78, 5) is 1.86. The fraction of sp³-hybridized carbons (Fsp3) is 0.571. The van der Waals surface area contributed by atoms with Crippen LogP contribution in [0.1, 0.15) is 27.7 Å². The van der Waals surface area contributed by atoms with Crippen molar-refractivity contribution >= 4 is 18.3 Å². The summed E-state index contributed by atoms with van der Waals surface area (Å²) < 4.78 is 26.0. The number of rotatable bonds is 2. The molecule has 0 N–H and O–H groups in total. The van der Waals surface area contributed by atoms with Gasteiger partial charge in [-0.25, -0.2) is 4.39 Å². The second kappa shape index (κ2) is 4.49. The van der Waals surface area contributed by atoms with Crippen LogP contribution in [0.5, 0.6) is 0 Å². The molecule has 1 saturated heterocycles. The van der Waals surface area contributed by atoms with Crippen LogP contribution >= 0.6 is 0 Å². The normalized spacial score (nSPS) is 20.7. The fourth-order valence-electron chi connectivity index (χ4n) is 2.11. The third kappa shape index (κ3) is 2.37. The molecule has 0 unspecified atom stereocenters. The van der Waals surface area contributed by atoms with Gasteiger partial charge in [0.05, 0.1) is 11.2 Å². The van der Waals surface area contributed by atoms with E-state index in [1.807, 2.05) is 52.8 Å².